The topological polar surface area (TPSA) is 73.0 Å². The lowest BCUT2D eigenvalue weighted by atomic mass is 10.1. The van der Waals surface area contributed by atoms with Gasteiger partial charge in [-0.3, -0.25) is 14.8 Å². The molecule has 0 bridgehead atoms. The number of nitrogens with zero attached hydrogens (tertiary/aromatic N) is 3. The molecule has 0 fully saturated rings. The molecule has 106 valence electrons. The highest BCUT2D eigenvalue weighted by Crippen LogP contribution is 2.24. The van der Waals surface area contributed by atoms with Crippen LogP contribution >= 0.6 is 0 Å². The van der Waals surface area contributed by atoms with E-state index in [1.165, 1.54) is 0 Å². The van der Waals surface area contributed by atoms with Gasteiger partial charge in [0.1, 0.15) is 0 Å². The molecule has 0 spiro atoms. The lowest BCUT2D eigenvalue weighted by Crippen LogP contribution is -2.02. The molecule has 1 N–H and O–H groups in total. The van der Waals surface area contributed by atoms with Crippen molar-refractivity contribution in [1.29, 1.82) is 0 Å². The highest BCUT2D eigenvalue weighted by molar-refractivity contribution is 5.55. The Morgan fingerprint density at radius 2 is 2.15 bits per heavy atom. The van der Waals surface area contributed by atoms with Crippen molar-refractivity contribution in [1.82, 2.24) is 9.78 Å². The number of nitro groups is 1. The molecular weight excluding hydrogens is 256 g/mol. The fraction of sp³-hybridized carbons (Fsp3) is 0.357. The van der Waals surface area contributed by atoms with Crippen LogP contribution in [0, 0.1) is 17.0 Å². The highest BCUT2D eigenvalue weighted by Gasteiger charge is 2.13. The summed E-state index contributed by atoms with van der Waals surface area (Å²) in [5.41, 5.74) is 3.70. The Morgan fingerprint density at radius 1 is 1.40 bits per heavy atom. The summed E-state index contributed by atoms with van der Waals surface area (Å²) in [5.74, 6) is 0. The minimum absolute atomic E-state index is 0.167. The summed E-state index contributed by atoms with van der Waals surface area (Å²) in [5, 5.41) is 18.5. The molecule has 0 saturated heterocycles. The monoisotopic (exact) mass is 274 g/mol. The molecule has 0 aliphatic rings. The number of hydrogen-bond donors (Lipinski definition) is 1. The standard InChI is InChI=1S/C14H18N4O2/c1-4-11-5-6-13(7-14(11)18(19)20)15-8-12-9-17(3)16-10(12)2/h5-7,9,15H,4,8H2,1-3H3. The van der Waals surface area contributed by atoms with Crippen LogP contribution in [0.2, 0.25) is 0 Å². The van der Waals surface area contributed by atoms with Crippen molar-refractivity contribution in [2.75, 3.05) is 5.32 Å². The Labute approximate surface area is 117 Å². The van der Waals surface area contributed by atoms with E-state index in [2.05, 4.69) is 10.4 Å². The largest absolute Gasteiger partial charge is 0.381 e. The Balaban J connectivity index is 2.16. The Kier molecular flexibility index (Phi) is 4.02. The third kappa shape index (κ3) is 2.96. The van der Waals surface area contributed by atoms with E-state index in [0.717, 1.165) is 22.5 Å². The van der Waals surface area contributed by atoms with Gasteiger partial charge in [0, 0.05) is 42.7 Å². The van der Waals surface area contributed by atoms with Gasteiger partial charge in [-0.05, 0) is 19.4 Å². The molecule has 1 heterocycles. The first-order chi connectivity index (χ1) is 9.51. The molecule has 0 unspecified atom stereocenters. The molecule has 1 aromatic carbocycles. The summed E-state index contributed by atoms with van der Waals surface area (Å²) in [6.07, 6.45) is 2.59. The number of benzene rings is 1. The lowest BCUT2D eigenvalue weighted by Gasteiger charge is -2.07. The molecule has 0 radical (unpaired) electrons. The number of anilines is 1. The second kappa shape index (κ2) is 5.73. The molecule has 20 heavy (non-hydrogen) atoms. The van der Waals surface area contributed by atoms with E-state index in [-0.39, 0.29) is 10.6 Å². The van der Waals surface area contributed by atoms with Gasteiger partial charge in [-0.15, -0.1) is 0 Å². The summed E-state index contributed by atoms with van der Waals surface area (Å²) in [6.45, 7) is 4.45. The zero-order valence-corrected chi connectivity index (χ0v) is 11.9. The number of aryl methyl sites for hydroxylation is 3. The van der Waals surface area contributed by atoms with Crippen molar-refractivity contribution < 1.29 is 4.92 Å². The van der Waals surface area contributed by atoms with Gasteiger partial charge in [0.2, 0.25) is 0 Å². The Morgan fingerprint density at radius 3 is 2.70 bits per heavy atom. The number of nitrogens with one attached hydrogen (secondary N) is 1. The van der Waals surface area contributed by atoms with Crippen LogP contribution in [0.3, 0.4) is 0 Å². The molecule has 1 aromatic heterocycles. The Bertz CT molecular complexity index is 634. The number of rotatable bonds is 5. The molecule has 0 aliphatic carbocycles. The molecule has 0 amide bonds. The van der Waals surface area contributed by atoms with Crippen molar-refractivity contribution in [3.63, 3.8) is 0 Å². The average Bonchev–Trinajstić information content (AvgIpc) is 2.74. The van der Waals surface area contributed by atoms with E-state index >= 15 is 0 Å². The Hall–Kier alpha value is -2.37. The number of hydrogen-bond acceptors (Lipinski definition) is 4. The van der Waals surface area contributed by atoms with Gasteiger partial charge in [-0.1, -0.05) is 13.0 Å². The van der Waals surface area contributed by atoms with Crippen LogP contribution < -0.4 is 5.32 Å². The van der Waals surface area contributed by atoms with Gasteiger partial charge in [0.05, 0.1) is 10.6 Å². The second-order valence-electron chi connectivity index (χ2n) is 4.72. The quantitative estimate of drug-likeness (QED) is 0.672. The molecular formula is C14H18N4O2. The number of nitro benzene ring substituents is 1. The predicted octanol–water partition coefficient (Wildman–Crippen LogP) is 2.81. The molecule has 0 saturated carbocycles. The van der Waals surface area contributed by atoms with Gasteiger partial charge >= 0.3 is 0 Å². The van der Waals surface area contributed by atoms with E-state index in [4.69, 9.17) is 0 Å². The first-order valence-electron chi connectivity index (χ1n) is 6.51. The minimum Gasteiger partial charge on any atom is -0.381 e. The highest BCUT2D eigenvalue weighted by atomic mass is 16.6. The van der Waals surface area contributed by atoms with Crippen LogP contribution in [-0.2, 0) is 20.0 Å². The first kappa shape index (κ1) is 14.0. The zero-order valence-electron chi connectivity index (χ0n) is 11.9. The third-order valence-electron chi connectivity index (χ3n) is 3.26. The van der Waals surface area contributed by atoms with Crippen LogP contribution in [0.4, 0.5) is 11.4 Å². The number of aromatic nitrogens is 2. The summed E-state index contributed by atoms with van der Waals surface area (Å²) in [4.78, 5) is 10.7. The summed E-state index contributed by atoms with van der Waals surface area (Å²) >= 11 is 0. The summed E-state index contributed by atoms with van der Waals surface area (Å²) in [7, 11) is 1.87. The van der Waals surface area contributed by atoms with Crippen molar-refractivity contribution in [2.24, 2.45) is 7.05 Å². The van der Waals surface area contributed by atoms with Crippen molar-refractivity contribution >= 4 is 11.4 Å². The minimum atomic E-state index is -0.334. The van der Waals surface area contributed by atoms with Crippen molar-refractivity contribution in [3.8, 4) is 0 Å². The molecule has 6 heteroatoms. The molecule has 0 aliphatic heterocycles. The van der Waals surface area contributed by atoms with E-state index in [1.54, 1.807) is 16.8 Å². The first-order valence-corrected chi connectivity index (χ1v) is 6.51. The SMILES string of the molecule is CCc1ccc(NCc2cn(C)nc2C)cc1[N+](=O)[O-]. The molecule has 6 nitrogen and oxygen atoms in total. The van der Waals surface area contributed by atoms with Crippen LogP contribution in [0.5, 0.6) is 0 Å². The molecule has 2 aromatic rings. The maximum absolute atomic E-state index is 11.0. The predicted molar refractivity (Wildman–Crippen MR) is 77.7 cm³/mol. The van der Waals surface area contributed by atoms with Gasteiger partial charge in [0.15, 0.2) is 0 Å². The van der Waals surface area contributed by atoms with Crippen LogP contribution in [0.25, 0.3) is 0 Å². The van der Waals surface area contributed by atoms with Crippen LogP contribution in [0.1, 0.15) is 23.7 Å². The van der Waals surface area contributed by atoms with E-state index < -0.39 is 0 Å². The fourth-order valence-corrected chi connectivity index (χ4v) is 2.16. The van der Waals surface area contributed by atoms with Crippen LogP contribution in [-0.4, -0.2) is 14.7 Å². The van der Waals surface area contributed by atoms with E-state index in [1.807, 2.05) is 33.2 Å². The normalized spacial score (nSPS) is 10.6. The fourth-order valence-electron chi connectivity index (χ4n) is 2.16. The van der Waals surface area contributed by atoms with Crippen LogP contribution in [0.15, 0.2) is 24.4 Å². The summed E-state index contributed by atoms with van der Waals surface area (Å²) < 4.78 is 1.76. The van der Waals surface area contributed by atoms with Gasteiger partial charge in [-0.25, -0.2) is 0 Å². The van der Waals surface area contributed by atoms with Gasteiger partial charge < -0.3 is 5.32 Å². The smallest absolute Gasteiger partial charge is 0.274 e. The van der Waals surface area contributed by atoms with Gasteiger partial charge in [0.25, 0.3) is 5.69 Å². The average molecular weight is 274 g/mol. The van der Waals surface area contributed by atoms with E-state index in [0.29, 0.717) is 13.0 Å². The zero-order chi connectivity index (χ0) is 14.7. The van der Waals surface area contributed by atoms with Crippen molar-refractivity contribution in [2.45, 2.75) is 26.8 Å². The van der Waals surface area contributed by atoms with Gasteiger partial charge in [-0.2, -0.15) is 5.10 Å². The maximum atomic E-state index is 11.0. The van der Waals surface area contributed by atoms with E-state index in [9.17, 15) is 10.1 Å². The maximum Gasteiger partial charge on any atom is 0.274 e. The lowest BCUT2D eigenvalue weighted by molar-refractivity contribution is -0.385. The van der Waals surface area contributed by atoms with Crippen molar-refractivity contribution in [3.05, 3.63) is 51.3 Å². The third-order valence-corrected chi connectivity index (χ3v) is 3.26. The molecule has 0 atom stereocenters. The molecule has 2 rings (SSSR count). The summed E-state index contributed by atoms with van der Waals surface area (Å²) in [6, 6.07) is 5.26. The second-order valence-corrected chi connectivity index (χ2v) is 4.72.